The molecule has 0 bridgehead atoms. The summed E-state index contributed by atoms with van der Waals surface area (Å²) in [7, 11) is 0. The number of nitrogens with zero attached hydrogens (tertiary/aromatic N) is 1. The number of nitrogens with one attached hydrogen (secondary N) is 2. The molecule has 4 atom stereocenters. The summed E-state index contributed by atoms with van der Waals surface area (Å²) in [6.07, 6.45) is 1.47. The predicted octanol–water partition coefficient (Wildman–Crippen LogP) is -1.84. The monoisotopic (exact) mass is 214 g/mol. The summed E-state index contributed by atoms with van der Waals surface area (Å²) in [5, 5.41) is 15.4. The Morgan fingerprint density at radius 1 is 1.47 bits per heavy atom. The van der Waals surface area contributed by atoms with Gasteiger partial charge >= 0.3 is 0 Å². The van der Waals surface area contributed by atoms with Gasteiger partial charge < -0.3 is 21.8 Å². The lowest BCUT2D eigenvalue weighted by Crippen LogP contribution is -2.71. The largest absolute Gasteiger partial charge is 0.771 e. The van der Waals surface area contributed by atoms with Crippen molar-refractivity contribution in [2.24, 2.45) is 17.4 Å². The van der Waals surface area contributed by atoms with Gasteiger partial charge in [0.05, 0.1) is 0 Å². The summed E-state index contributed by atoms with van der Waals surface area (Å²) in [6, 6.07) is -0.203. The highest BCUT2D eigenvalue weighted by Gasteiger charge is 2.37. The molecule has 1 heterocycles. The maximum atomic E-state index is 11.5. The SMILES string of the molecule is NC(=O)C1CCC2NC(N)NN([O-])C2C1. The highest BCUT2D eigenvalue weighted by Crippen LogP contribution is 2.28. The standard InChI is InChI=1S/C8H16N5O2/c9-7(14)4-1-2-5-6(3-4)13(15)12-8(10)11-5/h4-6,8,11-12H,1-3,10H2,(H2,9,14)/q-1. The number of fused-ring (bicyclic) bond motifs is 1. The molecule has 2 aliphatic rings. The summed E-state index contributed by atoms with van der Waals surface area (Å²) in [5.74, 6) is -0.516. The second kappa shape index (κ2) is 4.03. The third kappa shape index (κ3) is 2.11. The van der Waals surface area contributed by atoms with Gasteiger partial charge in [-0.3, -0.25) is 10.1 Å². The first-order valence-corrected chi connectivity index (χ1v) is 5.11. The molecule has 1 aliphatic heterocycles. The molecule has 1 amide bonds. The van der Waals surface area contributed by atoms with Crippen LogP contribution < -0.4 is 22.2 Å². The molecule has 1 saturated heterocycles. The van der Waals surface area contributed by atoms with Crippen molar-refractivity contribution in [2.45, 2.75) is 37.6 Å². The molecule has 2 fully saturated rings. The van der Waals surface area contributed by atoms with Crippen molar-refractivity contribution >= 4 is 5.91 Å². The van der Waals surface area contributed by atoms with Crippen LogP contribution in [-0.2, 0) is 4.79 Å². The van der Waals surface area contributed by atoms with E-state index in [4.69, 9.17) is 11.5 Å². The minimum Gasteiger partial charge on any atom is -0.771 e. The van der Waals surface area contributed by atoms with Crippen molar-refractivity contribution in [3.63, 3.8) is 0 Å². The van der Waals surface area contributed by atoms with Crippen molar-refractivity contribution in [1.82, 2.24) is 15.9 Å². The van der Waals surface area contributed by atoms with Crippen LogP contribution in [0.5, 0.6) is 0 Å². The zero-order chi connectivity index (χ0) is 11.0. The van der Waals surface area contributed by atoms with Crippen LogP contribution in [0.1, 0.15) is 19.3 Å². The molecule has 0 spiro atoms. The van der Waals surface area contributed by atoms with Gasteiger partial charge in [0.1, 0.15) is 6.29 Å². The summed E-state index contributed by atoms with van der Waals surface area (Å²) >= 11 is 0. The van der Waals surface area contributed by atoms with Gasteiger partial charge in [-0.05, 0) is 19.3 Å². The molecule has 0 aromatic carbocycles. The maximum Gasteiger partial charge on any atom is 0.220 e. The highest BCUT2D eigenvalue weighted by molar-refractivity contribution is 5.76. The van der Waals surface area contributed by atoms with Gasteiger partial charge in [-0.1, -0.05) is 0 Å². The van der Waals surface area contributed by atoms with Crippen molar-refractivity contribution in [3.05, 3.63) is 5.21 Å². The van der Waals surface area contributed by atoms with Gasteiger partial charge in [0.2, 0.25) is 5.91 Å². The first kappa shape index (κ1) is 10.8. The average Bonchev–Trinajstić information content (AvgIpc) is 2.16. The summed E-state index contributed by atoms with van der Waals surface area (Å²) in [5.41, 5.74) is 13.3. The number of hydroxylamine groups is 1. The van der Waals surface area contributed by atoms with Crippen LogP contribution in [0.15, 0.2) is 0 Å². The molecule has 1 aliphatic carbocycles. The molecule has 6 N–H and O–H groups in total. The Bertz CT molecular complexity index is 261. The number of carbonyl (C=O) groups excluding carboxylic acids is 1. The van der Waals surface area contributed by atoms with Gasteiger partial charge in [-0.2, -0.15) is 0 Å². The third-order valence-electron chi connectivity index (χ3n) is 3.18. The zero-order valence-electron chi connectivity index (χ0n) is 8.35. The van der Waals surface area contributed by atoms with E-state index in [0.717, 1.165) is 18.0 Å². The normalized spacial score (nSPS) is 42.3. The lowest BCUT2D eigenvalue weighted by Gasteiger charge is -2.51. The van der Waals surface area contributed by atoms with Gasteiger partial charge in [-0.15, -0.1) is 0 Å². The van der Waals surface area contributed by atoms with Gasteiger partial charge in [0.25, 0.3) is 0 Å². The van der Waals surface area contributed by atoms with E-state index in [-0.39, 0.29) is 23.9 Å². The molecule has 15 heavy (non-hydrogen) atoms. The Kier molecular flexibility index (Phi) is 2.89. The molecular weight excluding hydrogens is 198 g/mol. The smallest absolute Gasteiger partial charge is 0.220 e. The fourth-order valence-corrected chi connectivity index (χ4v) is 2.36. The molecule has 1 saturated carbocycles. The Morgan fingerprint density at radius 2 is 2.20 bits per heavy atom. The minimum atomic E-state index is -0.506. The van der Waals surface area contributed by atoms with Gasteiger partial charge in [0.15, 0.2) is 0 Å². The van der Waals surface area contributed by atoms with E-state index in [0.29, 0.717) is 6.42 Å². The second-order valence-corrected chi connectivity index (χ2v) is 4.19. The Hall–Kier alpha value is -0.730. The number of hydrogen-bond acceptors (Lipinski definition) is 6. The lowest BCUT2D eigenvalue weighted by atomic mass is 9.81. The fraction of sp³-hybridized carbons (Fsp3) is 0.875. The number of rotatable bonds is 1. The van der Waals surface area contributed by atoms with Crippen LogP contribution in [0.25, 0.3) is 0 Å². The van der Waals surface area contributed by atoms with Crippen molar-refractivity contribution < 1.29 is 4.79 Å². The number of amides is 1. The van der Waals surface area contributed by atoms with E-state index < -0.39 is 6.29 Å². The number of primary amides is 1. The first-order valence-electron chi connectivity index (χ1n) is 5.11. The van der Waals surface area contributed by atoms with Crippen molar-refractivity contribution in [2.75, 3.05) is 0 Å². The van der Waals surface area contributed by atoms with E-state index in [2.05, 4.69) is 10.7 Å². The predicted molar refractivity (Wildman–Crippen MR) is 53.6 cm³/mol. The van der Waals surface area contributed by atoms with Crippen LogP contribution in [0, 0.1) is 11.1 Å². The van der Waals surface area contributed by atoms with E-state index in [1.807, 2.05) is 0 Å². The van der Waals surface area contributed by atoms with Crippen LogP contribution in [0.2, 0.25) is 0 Å². The lowest BCUT2D eigenvalue weighted by molar-refractivity contribution is -0.124. The van der Waals surface area contributed by atoms with Crippen LogP contribution in [0.4, 0.5) is 0 Å². The molecule has 86 valence electrons. The Balaban J connectivity index is 2.03. The van der Waals surface area contributed by atoms with Crippen molar-refractivity contribution in [1.29, 1.82) is 0 Å². The van der Waals surface area contributed by atoms with Crippen LogP contribution in [-0.4, -0.2) is 29.5 Å². The van der Waals surface area contributed by atoms with Gasteiger partial charge in [-0.25, -0.2) is 5.43 Å². The van der Waals surface area contributed by atoms with E-state index in [9.17, 15) is 10.0 Å². The molecule has 0 aromatic rings. The molecule has 7 nitrogen and oxygen atoms in total. The average molecular weight is 214 g/mol. The molecule has 0 radical (unpaired) electrons. The highest BCUT2D eigenvalue weighted by atomic mass is 16.5. The summed E-state index contributed by atoms with van der Waals surface area (Å²) in [4.78, 5) is 11.0. The molecule has 0 aromatic heterocycles. The summed E-state index contributed by atoms with van der Waals surface area (Å²) in [6.45, 7) is 0. The Morgan fingerprint density at radius 3 is 2.87 bits per heavy atom. The number of hydrogen-bond donors (Lipinski definition) is 4. The van der Waals surface area contributed by atoms with E-state index in [1.165, 1.54) is 0 Å². The first-order chi connectivity index (χ1) is 7.08. The third-order valence-corrected chi connectivity index (χ3v) is 3.18. The summed E-state index contributed by atoms with van der Waals surface area (Å²) < 4.78 is 0. The fourth-order valence-electron chi connectivity index (χ4n) is 2.36. The zero-order valence-corrected chi connectivity index (χ0v) is 8.35. The molecule has 7 heteroatoms. The quantitative estimate of drug-likeness (QED) is 0.407. The maximum absolute atomic E-state index is 11.5. The minimum absolute atomic E-state index is 0.0503. The number of nitrogens with two attached hydrogens (primary N) is 2. The number of carbonyl (C=O) groups is 1. The van der Waals surface area contributed by atoms with E-state index in [1.54, 1.807) is 0 Å². The molecule has 4 unspecified atom stereocenters. The topological polar surface area (TPSA) is 119 Å². The van der Waals surface area contributed by atoms with E-state index >= 15 is 0 Å². The van der Waals surface area contributed by atoms with Gasteiger partial charge in [0, 0.05) is 18.0 Å². The molecular formula is C8H16N5O2-. The van der Waals surface area contributed by atoms with Crippen LogP contribution >= 0.6 is 0 Å². The molecule has 2 rings (SSSR count). The van der Waals surface area contributed by atoms with Crippen LogP contribution in [0.3, 0.4) is 0 Å². The number of hydrazine groups is 1. The Labute approximate surface area is 87.7 Å². The second-order valence-electron chi connectivity index (χ2n) is 4.19. The van der Waals surface area contributed by atoms with Crippen molar-refractivity contribution in [3.8, 4) is 0 Å².